The molecule has 1 N–H and O–H groups in total. The smallest absolute Gasteiger partial charge is 0.0681 e. The summed E-state index contributed by atoms with van der Waals surface area (Å²) in [6, 6.07) is 11.6. The SMILES string of the molecule is CC(c1cccs1)S(=O)Cc1ccc(CO)cc1. The van der Waals surface area contributed by atoms with Gasteiger partial charge in [-0.3, -0.25) is 4.21 Å². The Morgan fingerprint density at radius 2 is 1.89 bits per heavy atom. The summed E-state index contributed by atoms with van der Waals surface area (Å²) in [5.41, 5.74) is 1.93. The first-order chi connectivity index (χ1) is 8.70. The number of hydrogen-bond donors (Lipinski definition) is 1. The molecule has 2 atom stereocenters. The van der Waals surface area contributed by atoms with Crippen LogP contribution in [0.15, 0.2) is 41.8 Å². The molecule has 2 unspecified atom stereocenters. The first-order valence-electron chi connectivity index (χ1n) is 5.80. The molecule has 1 aromatic heterocycles. The molecule has 0 radical (unpaired) electrons. The molecule has 2 nitrogen and oxygen atoms in total. The topological polar surface area (TPSA) is 37.3 Å². The molecule has 0 saturated heterocycles. The summed E-state index contributed by atoms with van der Waals surface area (Å²) in [7, 11) is -0.906. The zero-order chi connectivity index (χ0) is 13.0. The Kier molecular flexibility index (Phi) is 4.69. The molecule has 1 heterocycles. The van der Waals surface area contributed by atoms with Crippen molar-refractivity contribution in [1.82, 2.24) is 0 Å². The summed E-state index contributed by atoms with van der Waals surface area (Å²) in [6.07, 6.45) is 0. The molecule has 0 bridgehead atoms. The van der Waals surface area contributed by atoms with E-state index in [1.54, 1.807) is 11.3 Å². The van der Waals surface area contributed by atoms with Crippen molar-refractivity contribution < 1.29 is 9.32 Å². The third-order valence-electron chi connectivity index (χ3n) is 2.85. The molecule has 2 aromatic rings. The van der Waals surface area contributed by atoms with Crippen LogP contribution in [0.25, 0.3) is 0 Å². The molecule has 96 valence electrons. The summed E-state index contributed by atoms with van der Waals surface area (Å²) >= 11 is 1.65. The first kappa shape index (κ1) is 13.5. The van der Waals surface area contributed by atoms with Gasteiger partial charge in [-0.25, -0.2) is 0 Å². The Balaban J connectivity index is 2.02. The van der Waals surface area contributed by atoms with E-state index in [1.807, 2.05) is 48.7 Å². The highest BCUT2D eigenvalue weighted by atomic mass is 32.2. The van der Waals surface area contributed by atoms with Gasteiger partial charge in [0.25, 0.3) is 0 Å². The van der Waals surface area contributed by atoms with Crippen LogP contribution in [0.5, 0.6) is 0 Å². The van der Waals surface area contributed by atoms with E-state index in [0.29, 0.717) is 5.75 Å². The quantitative estimate of drug-likeness (QED) is 0.913. The lowest BCUT2D eigenvalue weighted by Crippen LogP contribution is -2.04. The zero-order valence-electron chi connectivity index (χ0n) is 10.2. The Morgan fingerprint density at radius 3 is 2.44 bits per heavy atom. The lowest BCUT2D eigenvalue weighted by molar-refractivity contribution is 0.282. The summed E-state index contributed by atoms with van der Waals surface area (Å²) in [5.74, 6) is 0.560. The van der Waals surface area contributed by atoms with Crippen LogP contribution in [0, 0.1) is 0 Å². The van der Waals surface area contributed by atoms with E-state index >= 15 is 0 Å². The van der Waals surface area contributed by atoms with E-state index in [0.717, 1.165) is 11.1 Å². The van der Waals surface area contributed by atoms with Gasteiger partial charge in [0.15, 0.2) is 0 Å². The molecule has 1 aromatic carbocycles. The fourth-order valence-electron chi connectivity index (χ4n) is 1.68. The van der Waals surface area contributed by atoms with Crippen LogP contribution in [-0.2, 0) is 23.2 Å². The number of hydrogen-bond acceptors (Lipinski definition) is 3. The zero-order valence-corrected chi connectivity index (χ0v) is 11.8. The van der Waals surface area contributed by atoms with Gasteiger partial charge >= 0.3 is 0 Å². The van der Waals surface area contributed by atoms with Gasteiger partial charge in [0.05, 0.1) is 11.9 Å². The second-order valence-corrected chi connectivity index (χ2v) is 6.89. The van der Waals surface area contributed by atoms with Gasteiger partial charge < -0.3 is 5.11 Å². The first-order valence-corrected chi connectivity index (χ1v) is 8.06. The largest absolute Gasteiger partial charge is 0.392 e. The van der Waals surface area contributed by atoms with Crippen LogP contribution in [0.2, 0.25) is 0 Å². The maximum absolute atomic E-state index is 12.2. The molecule has 0 saturated carbocycles. The Hall–Kier alpha value is -0.970. The van der Waals surface area contributed by atoms with Gasteiger partial charge in [-0.2, -0.15) is 0 Å². The number of rotatable bonds is 5. The second kappa shape index (κ2) is 6.27. The summed E-state index contributed by atoms with van der Waals surface area (Å²) < 4.78 is 12.2. The van der Waals surface area contributed by atoms with Crippen LogP contribution in [0.3, 0.4) is 0 Å². The minimum absolute atomic E-state index is 0.0506. The van der Waals surface area contributed by atoms with Crippen LogP contribution >= 0.6 is 11.3 Å². The highest BCUT2D eigenvalue weighted by Crippen LogP contribution is 2.25. The third-order valence-corrected chi connectivity index (χ3v) is 5.72. The molecular weight excluding hydrogens is 264 g/mol. The number of aliphatic hydroxyl groups is 1. The standard InChI is InChI=1S/C14H16O2S2/c1-11(14-3-2-8-17-14)18(16)10-13-6-4-12(9-15)5-7-13/h2-8,11,15H,9-10H2,1H3. The number of thiophene rings is 1. The maximum atomic E-state index is 12.2. The van der Waals surface area contributed by atoms with Gasteiger partial charge in [-0.05, 0) is 29.5 Å². The van der Waals surface area contributed by atoms with Gasteiger partial charge in [0.2, 0.25) is 0 Å². The van der Waals surface area contributed by atoms with Gasteiger partial charge in [0, 0.05) is 21.4 Å². The Bertz CT molecular complexity index is 503. The predicted octanol–water partition coefficient (Wildman–Crippen LogP) is 3.25. The van der Waals surface area contributed by atoms with E-state index in [-0.39, 0.29) is 11.9 Å². The van der Waals surface area contributed by atoms with Crippen LogP contribution in [0.4, 0.5) is 0 Å². The lowest BCUT2D eigenvalue weighted by atomic mass is 10.2. The van der Waals surface area contributed by atoms with Gasteiger partial charge in [-0.1, -0.05) is 30.3 Å². The fourth-order valence-corrected chi connectivity index (χ4v) is 3.94. The molecule has 4 heteroatoms. The van der Waals surface area contributed by atoms with E-state index in [9.17, 15) is 4.21 Å². The second-order valence-electron chi connectivity index (χ2n) is 4.16. The molecule has 0 spiro atoms. The normalized spacial score (nSPS) is 14.3. The number of aliphatic hydroxyl groups excluding tert-OH is 1. The van der Waals surface area contributed by atoms with Crippen molar-refractivity contribution in [2.45, 2.75) is 24.5 Å². The van der Waals surface area contributed by atoms with Crippen LogP contribution < -0.4 is 0 Å². The summed E-state index contributed by atoms with van der Waals surface area (Å²) in [5, 5.41) is 11.0. The van der Waals surface area contributed by atoms with E-state index < -0.39 is 10.8 Å². The molecule has 2 rings (SSSR count). The van der Waals surface area contributed by atoms with Crippen molar-refractivity contribution in [3.8, 4) is 0 Å². The Labute approximate surface area is 114 Å². The van der Waals surface area contributed by atoms with Crippen molar-refractivity contribution in [3.63, 3.8) is 0 Å². The molecular formula is C14H16O2S2. The van der Waals surface area contributed by atoms with Crippen molar-refractivity contribution in [2.24, 2.45) is 0 Å². The summed E-state index contributed by atoms with van der Waals surface area (Å²) in [4.78, 5) is 1.17. The third kappa shape index (κ3) is 3.28. The minimum atomic E-state index is -0.906. The average molecular weight is 280 g/mol. The Morgan fingerprint density at radius 1 is 1.22 bits per heavy atom. The van der Waals surface area contributed by atoms with Gasteiger partial charge in [-0.15, -0.1) is 11.3 Å². The van der Waals surface area contributed by atoms with Gasteiger partial charge in [0.1, 0.15) is 0 Å². The fraction of sp³-hybridized carbons (Fsp3) is 0.286. The highest BCUT2D eigenvalue weighted by Gasteiger charge is 2.14. The predicted molar refractivity (Wildman–Crippen MR) is 76.9 cm³/mol. The monoisotopic (exact) mass is 280 g/mol. The lowest BCUT2D eigenvalue weighted by Gasteiger charge is -2.09. The van der Waals surface area contributed by atoms with E-state index in [1.165, 1.54) is 4.88 Å². The van der Waals surface area contributed by atoms with E-state index in [4.69, 9.17) is 5.11 Å². The van der Waals surface area contributed by atoms with Crippen molar-refractivity contribution in [1.29, 1.82) is 0 Å². The molecule has 0 aliphatic heterocycles. The highest BCUT2D eigenvalue weighted by molar-refractivity contribution is 7.84. The maximum Gasteiger partial charge on any atom is 0.0681 e. The molecule has 0 fully saturated rings. The average Bonchev–Trinajstić information content (AvgIpc) is 2.92. The van der Waals surface area contributed by atoms with Crippen LogP contribution in [-0.4, -0.2) is 9.32 Å². The van der Waals surface area contributed by atoms with Crippen molar-refractivity contribution in [2.75, 3.05) is 0 Å². The minimum Gasteiger partial charge on any atom is -0.392 e. The van der Waals surface area contributed by atoms with Crippen molar-refractivity contribution >= 4 is 22.1 Å². The van der Waals surface area contributed by atoms with Crippen LogP contribution in [0.1, 0.15) is 28.2 Å². The molecule has 0 amide bonds. The van der Waals surface area contributed by atoms with Crippen molar-refractivity contribution in [3.05, 3.63) is 57.8 Å². The molecule has 18 heavy (non-hydrogen) atoms. The molecule has 0 aliphatic rings. The number of benzene rings is 1. The molecule has 0 aliphatic carbocycles. The summed E-state index contributed by atoms with van der Waals surface area (Å²) in [6.45, 7) is 2.05. The van der Waals surface area contributed by atoms with E-state index in [2.05, 4.69) is 0 Å².